The molecule has 2 saturated heterocycles. The summed E-state index contributed by atoms with van der Waals surface area (Å²) in [6.07, 6.45) is 1.36. The first-order valence-electron chi connectivity index (χ1n) is 3.31. The van der Waals surface area contributed by atoms with Crippen molar-refractivity contribution in [1.29, 1.82) is 0 Å². The number of hydrogen-bond acceptors (Lipinski definition) is 2. The molecule has 2 fully saturated rings. The highest BCUT2D eigenvalue weighted by atomic mass is 35.5. The minimum Gasteiger partial charge on any atom is -0.311 e. The molecule has 2 unspecified atom stereocenters. The van der Waals surface area contributed by atoms with Crippen LogP contribution in [-0.2, 0) is 0 Å². The highest BCUT2D eigenvalue weighted by Crippen LogP contribution is 2.22. The molecule has 0 saturated carbocycles. The van der Waals surface area contributed by atoms with Gasteiger partial charge >= 0.3 is 0 Å². The zero-order valence-corrected chi connectivity index (χ0v) is 7.67. The average molecular weight is 185 g/mol. The Balaban J connectivity index is 0.000000405. The normalized spacial score (nSPS) is 36.9. The molecule has 0 spiro atoms. The van der Waals surface area contributed by atoms with Gasteiger partial charge in [-0.15, -0.1) is 24.8 Å². The van der Waals surface area contributed by atoms with Crippen molar-refractivity contribution < 1.29 is 0 Å². The van der Waals surface area contributed by atoms with Gasteiger partial charge in [-0.3, -0.25) is 0 Å². The van der Waals surface area contributed by atoms with Crippen LogP contribution in [0.4, 0.5) is 0 Å². The molecule has 0 aromatic heterocycles. The maximum absolute atomic E-state index is 3.44. The van der Waals surface area contributed by atoms with Gasteiger partial charge in [0.05, 0.1) is 0 Å². The topological polar surface area (TPSA) is 15.3 Å². The Kier molecular flexibility index (Phi) is 3.95. The Morgan fingerprint density at radius 2 is 2.10 bits per heavy atom. The standard InChI is InChI=1S/C6H12N2.2ClH/c1-8-4-5-6(8)2-3-7-5;;/h5-7H,2-4H2,1H3;2*1H. The molecule has 2 aliphatic heterocycles. The van der Waals surface area contributed by atoms with Crippen LogP contribution in [0, 0.1) is 0 Å². The first-order chi connectivity index (χ1) is 3.88. The highest BCUT2D eigenvalue weighted by molar-refractivity contribution is 5.85. The number of likely N-dealkylation sites (N-methyl/N-ethyl adjacent to an activating group) is 1. The lowest BCUT2D eigenvalue weighted by molar-refractivity contribution is 0.106. The molecule has 0 aliphatic carbocycles. The number of rotatable bonds is 0. The average Bonchev–Trinajstić information content (AvgIpc) is 2.09. The van der Waals surface area contributed by atoms with Crippen molar-refractivity contribution in [2.24, 2.45) is 0 Å². The maximum Gasteiger partial charge on any atom is 0.0351 e. The summed E-state index contributed by atoms with van der Waals surface area (Å²) in [6.45, 7) is 2.50. The minimum absolute atomic E-state index is 0. The molecule has 0 amide bonds. The van der Waals surface area contributed by atoms with E-state index in [9.17, 15) is 0 Å². The van der Waals surface area contributed by atoms with E-state index < -0.39 is 0 Å². The molecule has 0 bridgehead atoms. The van der Waals surface area contributed by atoms with Crippen LogP contribution in [0.1, 0.15) is 6.42 Å². The fourth-order valence-corrected chi connectivity index (χ4v) is 1.78. The van der Waals surface area contributed by atoms with Crippen LogP contribution in [-0.4, -0.2) is 37.1 Å². The van der Waals surface area contributed by atoms with Crippen molar-refractivity contribution in [3.63, 3.8) is 0 Å². The van der Waals surface area contributed by atoms with E-state index in [1.807, 2.05) is 0 Å². The molecular weight excluding hydrogens is 171 g/mol. The van der Waals surface area contributed by atoms with Crippen LogP contribution in [0.3, 0.4) is 0 Å². The second-order valence-electron chi connectivity index (χ2n) is 2.86. The Bertz CT molecular complexity index is 110. The molecule has 4 heteroatoms. The third kappa shape index (κ3) is 1.40. The lowest BCUT2D eigenvalue weighted by Gasteiger charge is -2.41. The highest BCUT2D eigenvalue weighted by Gasteiger charge is 2.38. The molecule has 2 nitrogen and oxygen atoms in total. The Labute approximate surface area is 74.2 Å². The summed E-state index contributed by atoms with van der Waals surface area (Å²) in [4.78, 5) is 2.42. The second kappa shape index (κ2) is 3.77. The molecule has 2 aliphatic rings. The van der Waals surface area contributed by atoms with Crippen molar-refractivity contribution >= 4 is 24.8 Å². The third-order valence-corrected chi connectivity index (χ3v) is 2.36. The van der Waals surface area contributed by atoms with E-state index in [-0.39, 0.29) is 24.8 Å². The van der Waals surface area contributed by atoms with Gasteiger partial charge in [0.25, 0.3) is 0 Å². The summed E-state index contributed by atoms with van der Waals surface area (Å²) >= 11 is 0. The van der Waals surface area contributed by atoms with Crippen molar-refractivity contribution in [1.82, 2.24) is 10.2 Å². The number of nitrogens with zero attached hydrogens (tertiary/aromatic N) is 1. The zero-order valence-electron chi connectivity index (χ0n) is 6.04. The van der Waals surface area contributed by atoms with Crippen LogP contribution < -0.4 is 5.32 Å². The van der Waals surface area contributed by atoms with Gasteiger partial charge in [-0.25, -0.2) is 0 Å². The predicted molar refractivity (Wildman–Crippen MR) is 47.3 cm³/mol. The van der Waals surface area contributed by atoms with Gasteiger partial charge in [0.1, 0.15) is 0 Å². The largest absolute Gasteiger partial charge is 0.311 e. The van der Waals surface area contributed by atoms with E-state index >= 15 is 0 Å². The van der Waals surface area contributed by atoms with Gasteiger partial charge in [-0.05, 0) is 20.0 Å². The number of halogens is 2. The van der Waals surface area contributed by atoms with Crippen LogP contribution in [0.15, 0.2) is 0 Å². The van der Waals surface area contributed by atoms with E-state index in [0.29, 0.717) is 0 Å². The lowest BCUT2D eigenvalue weighted by atomic mass is 10.00. The van der Waals surface area contributed by atoms with Gasteiger partial charge < -0.3 is 10.2 Å². The number of nitrogens with one attached hydrogen (secondary N) is 1. The molecule has 0 aromatic rings. The van der Waals surface area contributed by atoms with E-state index in [1.54, 1.807) is 0 Å². The molecule has 2 rings (SSSR count). The molecule has 62 valence electrons. The molecule has 2 atom stereocenters. The Hall–Kier alpha value is 0.500. The molecule has 10 heavy (non-hydrogen) atoms. The van der Waals surface area contributed by atoms with Crippen LogP contribution >= 0.6 is 24.8 Å². The van der Waals surface area contributed by atoms with Gasteiger partial charge in [0, 0.05) is 18.6 Å². The minimum atomic E-state index is 0. The number of hydrogen-bond donors (Lipinski definition) is 1. The first kappa shape index (κ1) is 10.5. The summed E-state index contributed by atoms with van der Waals surface area (Å²) in [7, 11) is 2.20. The predicted octanol–water partition coefficient (Wildman–Crippen LogP) is 0.506. The molecular formula is C6H14Cl2N2. The van der Waals surface area contributed by atoms with Gasteiger partial charge in [0.2, 0.25) is 0 Å². The van der Waals surface area contributed by atoms with Crippen molar-refractivity contribution in [3.8, 4) is 0 Å². The third-order valence-electron chi connectivity index (χ3n) is 2.36. The van der Waals surface area contributed by atoms with Crippen LogP contribution in [0.25, 0.3) is 0 Å². The summed E-state index contributed by atoms with van der Waals surface area (Å²) in [5.41, 5.74) is 0. The molecule has 2 heterocycles. The monoisotopic (exact) mass is 184 g/mol. The Morgan fingerprint density at radius 3 is 2.50 bits per heavy atom. The number of fused-ring (bicyclic) bond motifs is 1. The summed E-state index contributed by atoms with van der Waals surface area (Å²) < 4.78 is 0. The second-order valence-corrected chi connectivity index (χ2v) is 2.86. The Morgan fingerprint density at radius 1 is 1.40 bits per heavy atom. The smallest absolute Gasteiger partial charge is 0.0351 e. The van der Waals surface area contributed by atoms with E-state index in [2.05, 4.69) is 17.3 Å². The number of likely N-dealkylation sites (tertiary alicyclic amines) is 1. The molecule has 0 radical (unpaired) electrons. The summed E-state index contributed by atoms with van der Waals surface area (Å²) in [6, 6.07) is 1.73. The zero-order chi connectivity index (χ0) is 5.56. The van der Waals surface area contributed by atoms with Crippen molar-refractivity contribution in [2.75, 3.05) is 20.1 Å². The van der Waals surface area contributed by atoms with Gasteiger partial charge in [-0.2, -0.15) is 0 Å². The fraction of sp³-hybridized carbons (Fsp3) is 1.00. The van der Waals surface area contributed by atoms with E-state index in [0.717, 1.165) is 12.1 Å². The summed E-state index contributed by atoms with van der Waals surface area (Å²) in [5.74, 6) is 0. The fourth-order valence-electron chi connectivity index (χ4n) is 1.78. The van der Waals surface area contributed by atoms with Crippen LogP contribution in [0.2, 0.25) is 0 Å². The molecule has 0 aromatic carbocycles. The van der Waals surface area contributed by atoms with Crippen molar-refractivity contribution in [2.45, 2.75) is 18.5 Å². The van der Waals surface area contributed by atoms with Gasteiger partial charge in [-0.1, -0.05) is 0 Å². The van der Waals surface area contributed by atoms with Crippen LogP contribution in [0.5, 0.6) is 0 Å². The maximum atomic E-state index is 3.44. The quantitative estimate of drug-likeness (QED) is 0.591. The summed E-state index contributed by atoms with van der Waals surface area (Å²) in [5, 5.41) is 3.44. The van der Waals surface area contributed by atoms with Crippen molar-refractivity contribution in [3.05, 3.63) is 0 Å². The SMILES string of the molecule is CN1CC2NCCC21.Cl.Cl. The van der Waals surface area contributed by atoms with E-state index in [4.69, 9.17) is 0 Å². The lowest BCUT2D eigenvalue weighted by Crippen LogP contribution is -2.58. The first-order valence-corrected chi connectivity index (χ1v) is 3.31. The molecule has 1 N–H and O–H groups in total. The van der Waals surface area contributed by atoms with E-state index in [1.165, 1.54) is 19.5 Å². The van der Waals surface area contributed by atoms with Gasteiger partial charge in [0.15, 0.2) is 0 Å².